The molecule has 1 amide bonds. The number of hydrogen-bond acceptors (Lipinski definition) is 4. The lowest BCUT2D eigenvalue weighted by molar-refractivity contribution is -0.112. The molecule has 2 aromatic carbocycles. The molecule has 0 radical (unpaired) electrons. The van der Waals surface area contributed by atoms with Gasteiger partial charge in [-0.1, -0.05) is 24.3 Å². The zero-order valence-electron chi connectivity index (χ0n) is 14.8. The lowest BCUT2D eigenvalue weighted by Crippen LogP contribution is -2.14. The maximum atomic E-state index is 12.5. The van der Waals surface area contributed by atoms with Crippen molar-refractivity contribution in [3.8, 4) is 17.6 Å². The second-order valence-corrected chi connectivity index (χ2v) is 5.46. The van der Waals surface area contributed by atoms with Gasteiger partial charge in [0, 0.05) is 5.69 Å². The fourth-order valence-electron chi connectivity index (χ4n) is 2.29. The number of anilines is 1. The average Bonchev–Trinajstić information content (AvgIpc) is 2.63. The molecule has 5 nitrogen and oxygen atoms in total. The maximum Gasteiger partial charge on any atom is 0.387 e. The number of carbonyl (C=O) groups excluding carboxylic acids is 1. The summed E-state index contributed by atoms with van der Waals surface area (Å²) in [7, 11) is 0. The summed E-state index contributed by atoms with van der Waals surface area (Å²) in [6, 6.07) is 13.2. The Hall–Kier alpha value is -3.40. The van der Waals surface area contributed by atoms with Gasteiger partial charge in [0.25, 0.3) is 5.91 Å². The van der Waals surface area contributed by atoms with E-state index in [1.807, 2.05) is 25.1 Å². The molecule has 1 N–H and O–H groups in total. The number of benzene rings is 2. The minimum Gasteiger partial charge on any atom is -0.490 e. The van der Waals surface area contributed by atoms with Gasteiger partial charge in [0.2, 0.25) is 0 Å². The van der Waals surface area contributed by atoms with Gasteiger partial charge in [-0.15, -0.1) is 0 Å². The molecule has 0 unspecified atom stereocenters. The van der Waals surface area contributed by atoms with Crippen molar-refractivity contribution in [2.24, 2.45) is 0 Å². The van der Waals surface area contributed by atoms with Crippen molar-refractivity contribution in [3.05, 3.63) is 59.2 Å². The number of nitriles is 1. The predicted octanol–water partition coefficient (Wildman–Crippen LogP) is 4.54. The number of alkyl halides is 2. The number of ether oxygens (including phenoxy) is 2. The Bertz CT molecular complexity index is 889. The highest BCUT2D eigenvalue weighted by Gasteiger charge is 2.14. The molecule has 0 heterocycles. The lowest BCUT2D eigenvalue weighted by atomic mass is 10.1. The molecular weight excluding hydrogens is 354 g/mol. The monoisotopic (exact) mass is 372 g/mol. The van der Waals surface area contributed by atoms with Crippen LogP contribution in [0, 0.1) is 18.3 Å². The van der Waals surface area contributed by atoms with Crippen LogP contribution in [0.1, 0.15) is 18.1 Å². The molecule has 0 bridgehead atoms. The van der Waals surface area contributed by atoms with Crippen LogP contribution in [0.3, 0.4) is 0 Å². The Balaban J connectivity index is 2.28. The number of carbonyl (C=O) groups is 1. The fourth-order valence-corrected chi connectivity index (χ4v) is 2.29. The molecule has 0 aliphatic heterocycles. The topological polar surface area (TPSA) is 71.3 Å². The number of hydrogen-bond donors (Lipinski definition) is 1. The second-order valence-electron chi connectivity index (χ2n) is 5.46. The number of rotatable bonds is 7. The van der Waals surface area contributed by atoms with Crippen molar-refractivity contribution in [2.75, 3.05) is 11.9 Å². The molecule has 0 aliphatic carbocycles. The van der Waals surface area contributed by atoms with Gasteiger partial charge in [-0.05, 0) is 49.2 Å². The van der Waals surface area contributed by atoms with Gasteiger partial charge in [-0.25, -0.2) is 0 Å². The van der Waals surface area contributed by atoms with Crippen LogP contribution in [0.4, 0.5) is 14.5 Å². The minimum atomic E-state index is -2.99. The van der Waals surface area contributed by atoms with Gasteiger partial charge in [0.1, 0.15) is 11.6 Å². The van der Waals surface area contributed by atoms with Crippen LogP contribution in [-0.2, 0) is 4.79 Å². The first kappa shape index (κ1) is 19.9. The smallest absolute Gasteiger partial charge is 0.387 e. The molecule has 0 aromatic heterocycles. The molecule has 140 valence electrons. The molecule has 27 heavy (non-hydrogen) atoms. The Labute approximate surface area is 155 Å². The first-order chi connectivity index (χ1) is 12.9. The highest BCUT2D eigenvalue weighted by Crippen LogP contribution is 2.30. The summed E-state index contributed by atoms with van der Waals surface area (Å²) in [5.41, 5.74) is 1.76. The van der Waals surface area contributed by atoms with Gasteiger partial charge in [-0.2, -0.15) is 14.0 Å². The molecule has 0 aliphatic rings. The molecule has 2 aromatic rings. The zero-order chi connectivity index (χ0) is 19.8. The Morgan fingerprint density at radius 1 is 1.26 bits per heavy atom. The largest absolute Gasteiger partial charge is 0.490 e. The standard InChI is InChI=1S/C20H18F2N2O3/c1-3-26-18-11-14(8-9-17(18)27-20(21)22)10-15(12-23)19(25)24-16-7-5-4-6-13(16)2/h4-11,20H,3H2,1-2H3,(H,24,25)/b15-10+. The number of nitrogens with one attached hydrogen (secondary N) is 1. The van der Waals surface area contributed by atoms with Gasteiger partial charge in [0.15, 0.2) is 11.5 Å². The fraction of sp³-hybridized carbons (Fsp3) is 0.200. The first-order valence-corrected chi connectivity index (χ1v) is 8.15. The van der Waals surface area contributed by atoms with E-state index in [9.17, 15) is 18.8 Å². The van der Waals surface area contributed by atoms with Crippen LogP contribution in [0.2, 0.25) is 0 Å². The van der Waals surface area contributed by atoms with E-state index in [4.69, 9.17) is 4.74 Å². The number of halogens is 2. The van der Waals surface area contributed by atoms with Crippen LogP contribution in [0.5, 0.6) is 11.5 Å². The van der Waals surface area contributed by atoms with E-state index < -0.39 is 12.5 Å². The number of amides is 1. The third kappa shape index (κ3) is 5.54. The van der Waals surface area contributed by atoms with Crippen molar-refractivity contribution < 1.29 is 23.0 Å². The van der Waals surface area contributed by atoms with E-state index >= 15 is 0 Å². The Kier molecular flexibility index (Phi) is 6.89. The van der Waals surface area contributed by atoms with Crippen LogP contribution < -0.4 is 14.8 Å². The van der Waals surface area contributed by atoms with Crippen molar-refractivity contribution in [2.45, 2.75) is 20.5 Å². The van der Waals surface area contributed by atoms with E-state index in [1.165, 1.54) is 24.3 Å². The van der Waals surface area contributed by atoms with Crippen LogP contribution in [0.15, 0.2) is 48.0 Å². The van der Waals surface area contributed by atoms with Gasteiger partial charge in [0.05, 0.1) is 6.61 Å². The summed E-state index contributed by atoms with van der Waals surface area (Å²) in [4.78, 5) is 12.4. The summed E-state index contributed by atoms with van der Waals surface area (Å²) in [5, 5.41) is 12.0. The normalized spacial score (nSPS) is 11.0. The first-order valence-electron chi connectivity index (χ1n) is 8.15. The zero-order valence-corrected chi connectivity index (χ0v) is 14.8. The van der Waals surface area contributed by atoms with E-state index in [0.29, 0.717) is 11.3 Å². The van der Waals surface area contributed by atoms with Crippen molar-refractivity contribution >= 4 is 17.7 Å². The second kappa shape index (κ2) is 9.34. The maximum absolute atomic E-state index is 12.5. The summed E-state index contributed by atoms with van der Waals surface area (Å²) >= 11 is 0. The SMILES string of the molecule is CCOc1cc(/C=C(\C#N)C(=O)Nc2ccccc2C)ccc1OC(F)F. The third-order valence-corrected chi connectivity index (χ3v) is 3.55. The summed E-state index contributed by atoms with van der Waals surface area (Å²) in [6.07, 6.45) is 1.35. The Morgan fingerprint density at radius 2 is 2.00 bits per heavy atom. The van der Waals surface area contributed by atoms with Gasteiger partial charge < -0.3 is 14.8 Å². The Morgan fingerprint density at radius 3 is 2.63 bits per heavy atom. The van der Waals surface area contributed by atoms with Crippen LogP contribution >= 0.6 is 0 Å². The van der Waals surface area contributed by atoms with Crippen molar-refractivity contribution in [1.82, 2.24) is 0 Å². The lowest BCUT2D eigenvalue weighted by Gasteiger charge is -2.12. The van der Waals surface area contributed by atoms with E-state index in [1.54, 1.807) is 19.1 Å². The number of para-hydroxylation sites is 1. The van der Waals surface area contributed by atoms with Crippen LogP contribution in [0.25, 0.3) is 6.08 Å². The van der Waals surface area contributed by atoms with Crippen molar-refractivity contribution in [1.29, 1.82) is 5.26 Å². The van der Waals surface area contributed by atoms with E-state index in [0.717, 1.165) is 5.56 Å². The molecular formula is C20H18F2N2O3. The molecule has 0 atom stereocenters. The van der Waals surface area contributed by atoms with Gasteiger partial charge in [-0.3, -0.25) is 4.79 Å². The highest BCUT2D eigenvalue weighted by atomic mass is 19.3. The van der Waals surface area contributed by atoms with Crippen molar-refractivity contribution in [3.63, 3.8) is 0 Å². The molecule has 2 rings (SSSR count). The molecule has 0 spiro atoms. The highest BCUT2D eigenvalue weighted by molar-refractivity contribution is 6.10. The summed E-state index contributed by atoms with van der Waals surface area (Å²) in [5.74, 6) is -0.590. The predicted molar refractivity (Wildman–Crippen MR) is 97.6 cm³/mol. The molecule has 7 heteroatoms. The number of aryl methyl sites for hydroxylation is 1. The minimum absolute atomic E-state index is 0.100. The number of nitrogens with zero attached hydrogens (tertiary/aromatic N) is 1. The summed E-state index contributed by atoms with van der Waals surface area (Å²) in [6.45, 7) is 0.790. The van der Waals surface area contributed by atoms with E-state index in [2.05, 4.69) is 10.1 Å². The quantitative estimate of drug-likeness (QED) is 0.572. The van der Waals surface area contributed by atoms with Gasteiger partial charge >= 0.3 is 6.61 Å². The average molecular weight is 372 g/mol. The summed E-state index contributed by atoms with van der Waals surface area (Å²) < 4.78 is 34.6. The molecule has 0 saturated heterocycles. The molecule has 0 saturated carbocycles. The molecule has 0 fully saturated rings. The van der Waals surface area contributed by atoms with Crippen LogP contribution in [-0.4, -0.2) is 19.1 Å². The van der Waals surface area contributed by atoms with E-state index in [-0.39, 0.29) is 23.7 Å². The third-order valence-electron chi connectivity index (χ3n) is 3.55.